The first kappa shape index (κ1) is 19.2. The number of carbonyl (C=O) groups is 2. The Morgan fingerprint density at radius 3 is 2.21 bits per heavy atom. The van der Waals surface area contributed by atoms with Gasteiger partial charge in [-0.15, -0.1) is 0 Å². The summed E-state index contributed by atoms with van der Waals surface area (Å²) in [7, 11) is 1.45. The van der Waals surface area contributed by atoms with Crippen molar-refractivity contribution in [3.05, 3.63) is 65.2 Å². The van der Waals surface area contributed by atoms with Gasteiger partial charge in [0.1, 0.15) is 5.75 Å². The zero-order valence-corrected chi connectivity index (χ0v) is 14.4. The number of rotatable bonds is 4. The Bertz CT molecular complexity index is 978. The number of hydrogen-bond donors (Lipinski definition) is 1. The lowest BCUT2D eigenvalue weighted by Gasteiger charge is -2.11. The van der Waals surface area contributed by atoms with Crippen molar-refractivity contribution in [2.75, 3.05) is 12.1 Å². The number of methoxy groups -OCH3 is 1. The molecule has 1 aliphatic rings. The van der Waals surface area contributed by atoms with Gasteiger partial charge in [-0.3, -0.25) is 4.79 Å². The van der Waals surface area contributed by atoms with Gasteiger partial charge < -0.3 is 9.84 Å². The minimum atomic E-state index is -4.84. The van der Waals surface area contributed by atoms with Crippen LogP contribution in [0.1, 0.15) is 15.9 Å². The first-order chi connectivity index (χ1) is 13.2. The molecule has 3 rings (SSSR count). The molecular weight excluding hydrogens is 377 g/mol. The van der Waals surface area contributed by atoms with Crippen molar-refractivity contribution in [3.8, 4) is 5.75 Å². The van der Waals surface area contributed by atoms with Crippen LogP contribution in [0.3, 0.4) is 0 Å². The van der Waals surface area contributed by atoms with Crippen molar-refractivity contribution in [1.82, 2.24) is 0 Å². The molecule has 28 heavy (non-hydrogen) atoms. The third-order valence-corrected chi connectivity index (χ3v) is 3.93. The summed E-state index contributed by atoms with van der Waals surface area (Å²) in [5, 5.41) is 12.9. The van der Waals surface area contributed by atoms with Gasteiger partial charge in [-0.25, -0.2) is 4.79 Å². The largest absolute Gasteiger partial charge is 0.497 e. The van der Waals surface area contributed by atoms with E-state index in [1.807, 2.05) is 0 Å². The fourth-order valence-electron chi connectivity index (χ4n) is 2.54. The van der Waals surface area contributed by atoms with Gasteiger partial charge in [-0.1, -0.05) is 12.1 Å². The molecule has 6 nitrogen and oxygen atoms in total. The molecule has 0 fully saturated rings. The molecule has 0 aliphatic carbocycles. The summed E-state index contributed by atoms with van der Waals surface area (Å²) >= 11 is 0. The van der Waals surface area contributed by atoms with Crippen LogP contribution in [0.5, 0.6) is 5.75 Å². The number of nitrogens with zero attached hydrogens (tertiary/aromatic N) is 2. The molecule has 144 valence electrons. The Morgan fingerprint density at radius 2 is 1.71 bits per heavy atom. The summed E-state index contributed by atoms with van der Waals surface area (Å²) in [6.45, 7) is 0. The second-order valence-corrected chi connectivity index (χ2v) is 5.75. The Morgan fingerprint density at radius 1 is 1.11 bits per heavy atom. The number of benzene rings is 2. The van der Waals surface area contributed by atoms with E-state index in [1.54, 1.807) is 12.1 Å². The van der Waals surface area contributed by atoms with Crippen LogP contribution in [-0.2, 0) is 4.79 Å². The molecule has 0 unspecified atom stereocenters. The van der Waals surface area contributed by atoms with Crippen molar-refractivity contribution in [2.24, 2.45) is 5.10 Å². The highest BCUT2D eigenvalue weighted by molar-refractivity contribution is 6.34. The van der Waals surface area contributed by atoms with Crippen LogP contribution in [0, 0.1) is 0 Å². The summed E-state index contributed by atoms with van der Waals surface area (Å²) in [4.78, 5) is 23.5. The minimum Gasteiger partial charge on any atom is -0.497 e. The number of aromatic carboxylic acids is 1. The van der Waals surface area contributed by atoms with E-state index in [1.165, 1.54) is 43.5 Å². The second kappa shape index (κ2) is 7.18. The predicted octanol–water partition coefficient (Wildman–Crippen LogP) is 3.74. The van der Waals surface area contributed by atoms with Crippen LogP contribution >= 0.6 is 0 Å². The van der Waals surface area contributed by atoms with E-state index in [0.717, 1.165) is 6.08 Å². The number of carboxylic acids is 1. The van der Waals surface area contributed by atoms with E-state index in [9.17, 15) is 22.8 Å². The van der Waals surface area contributed by atoms with Gasteiger partial charge in [-0.2, -0.15) is 23.3 Å². The van der Waals surface area contributed by atoms with Crippen LogP contribution in [0.2, 0.25) is 0 Å². The van der Waals surface area contributed by atoms with Crippen molar-refractivity contribution < 1.29 is 32.6 Å². The fourth-order valence-corrected chi connectivity index (χ4v) is 2.54. The number of halogens is 3. The number of carbonyl (C=O) groups excluding carboxylic acids is 1. The first-order valence-corrected chi connectivity index (χ1v) is 7.90. The lowest BCUT2D eigenvalue weighted by molar-refractivity contribution is -0.114. The van der Waals surface area contributed by atoms with Crippen LogP contribution < -0.4 is 9.75 Å². The van der Waals surface area contributed by atoms with E-state index in [0.29, 0.717) is 16.3 Å². The molecule has 0 aromatic heterocycles. The predicted molar refractivity (Wildman–Crippen MR) is 95.3 cm³/mol. The lowest BCUT2D eigenvalue weighted by atomic mass is 10.1. The Balaban J connectivity index is 2.01. The topological polar surface area (TPSA) is 79.2 Å². The number of ether oxygens (including phenoxy) is 1. The van der Waals surface area contributed by atoms with Gasteiger partial charge in [0, 0.05) is 0 Å². The fraction of sp³-hybridized carbons (Fsp3) is 0.105. The van der Waals surface area contributed by atoms with Gasteiger partial charge in [0.2, 0.25) is 0 Å². The second-order valence-electron chi connectivity index (χ2n) is 5.75. The summed E-state index contributed by atoms with van der Waals surface area (Å²) in [6.07, 6.45) is -3.75. The molecule has 0 atom stereocenters. The molecule has 9 heteroatoms. The van der Waals surface area contributed by atoms with E-state index < -0.39 is 29.3 Å². The average Bonchev–Trinajstić information content (AvgIpc) is 2.99. The van der Waals surface area contributed by atoms with Crippen molar-refractivity contribution in [3.63, 3.8) is 0 Å². The van der Waals surface area contributed by atoms with Crippen molar-refractivity contribution >= 4 is 29.4 Å². The average molecular weight is 390 g/mol. The summed E-state index contributed by atoms with van der Waals surface area (Å²) in [5.74, 6) is -1.64. The van der Waals surface area contributed by atoms with E-state index in [2.05, 4.69) is 5.10 Å². The molecule has 0 radical (unpaired) electrons. The SMILES string of the molecule is COc1ccc(C=C2C(=O)N(c3ccc(C(=O)O)cc3)N=C2C(F)(F)F)cc1. The molecule has 1 N–H and O–H groups in total. The molecule has 0 spiro atoms. The van der Waals surface area contributed by atoms with Crippen LogP contribution in [0.25, 0.3) is 6.08 Å². The van der Waals surface area contributed by atoms with Crippen molar-refractivity contribution in [2.45, 2.75) is 6.18 Å². The summed E-state index contributed by atoms with van der Waals surface area (Å²) in [5.41, 5.74) is -1.61. The summed E-state index contributed by atoms with van der Waals surface area (Å²) < 4.78 is 45.2. The quantitative estimate of drug-likeness (QED) is 0.807. The molecule has 1 aliphatic heterocycles. The van der Waals surface area contributed by atoms with Crippen LogP contribution in [0.15, 0.2) is 59.2 Å². The molecular formula is C19H13F3N2O4. The highest BCUT2D eigenvalue weighted by Crippen LogP contribution is 2.32. The van der Waals surface area contributed by atoms with Crippen molar-refractivity contribution in [1.29, 1.82) is 0 Å². The number of carboxylic acid groups (broad SMARTS) is 1. The maximum absolute atomic E-state index is 13.4. The Hall–Kier alpha value is -3.62. The zero-order chi connectivity index (χ0) is 20.5. The smallest absolute Gasteiger partial charge is 0.435 e. The van der Waals surface area contributed by atoms with Crippen LogP contribution in [-0.4, -0.2) is 36.0 Å². The highest BCUT2D eigenvalue weighted by Gasteiger charge is 2.46. The first-order valence-electron chi connectivity index (χ1n) is 7.90. The standard InChI is InChI=1S/C19H13F3N2O4/c1-28-14-8-2-11(3-9-14)10-15-16(19(20,21)22)23-24(17(15)25)13-6-4-12(5-7-13)18(26)27/h2-10H,1H3,(H,26,27). The lowest BCUT2D eigenvalue weighted by Crippen LogP contribution is -2.25. The third kappa shape index (κ3) is 3.73. The molecule has 1 heterocycles. The maximum Gasteiger partial charge on any atom is 0.435 e. The maximum atomic E-state index is 13.4. The molecule has 1 amide bonds. The molecule has 0 saturated heterocycles. The molecule has 2 aromatic rings. The van der Waals surface area contributed by atoms with Gasteiger partial charge in [0.05, 0.1) is 23.9 Å². The molecule has 0 bridgehead atoms. The monoisotopic (exact) mass is 390 g/mol. The normalized spacial score (nSPS) is 15.7. The number of hydrazone groups is 1. The number of amides is 1. The molecule has 0 saturated carbocycles. The highest BCUT2D eigenvalue weighted by atomic mass is 19.4. The van der Waals surface area contributed by atoms with Gasteiger partial charge in [0.25, 0.3) is 5.91 Å². The Kier molecular flexibility index (Phi) is 4.91. The van der Waals surface area contributed by atoms with Gasteiger partial charge in [0.15, 0.2) is 5.71 Å². The number of anilines is 1. The van der Waals surface area contributed by atoms with Gasteiger partial charge >= 0.3 is 12.1 Å². The van der Waals surface area contributed by atoms with E-state index in [4.69, 9.17) is 9.84 Å². The number of alkyl halides is 3. The number of hydrogen-bond acceptors (Lipinski definition) is 4. The van der Waals surface area contributed by atoms with E-state index in [-0.39, 0.29) is 11.3 Å². The Labute approximate surface area is 157 Å². The molecule has 2 aromatic carbocycles. The van der Waals surface area contributed by atoms with Gasteiger partial charge in [-0.05, 0) is 48.0 Å². The minimum absolute atomic E-state index is 0.0230. The van der Waals surface area contributed by atoms with Crippen LogP contribution in [0.4, 0.5) is 18.9 Å². The summed E-state index contributed by atoms with van der Waals surface area (Å²) in [6, 6.07) is 10.9. The third-order valence-electron chi connectivity index (χ3n) is 3.93. The van der Waals surface area contributed by atoms with E-state index >= 15 is 0 Å². The zero-order valence-electron chi connectivity index (χ0n) is 14.4.